The van der Waals surface area contributed by atoms with Gasteiger partial charge in [-0.1, -0.05) is 67.0 Å². The second kappa shape index (κ2) is 23.4. The van der Waals surface area contributed by atoms with Gasteiger partial charge in [0.2, 0.25) is 23.6 Å². The Balaban J connectivity index is 0.00000162. The number of ether oxygens (including phenoxy) is 1. The summed E-state index contributed by atoms with van der Waals surface area (Å²) in [6.07, 6.45) is -3.58. The number of esters is 1. The fraction of sp³-hybridized carbons (Fsp3) is 0.436. The van der Waals surface area contributed by atoms with E-state index in [1.165, 1.54) is 12.0 Å². The number of methoxy groups -OCH3 is 1. The van der Waals surface area contributed by atoms with Crippen LogP contribution in [0.5, 0.6) is 0 Å². The zero-order valence-electron chi connectivity index (χ0n) is 33.2. The van der Waals surface area contributed by atoms with Gasteiger partial charge >= 0.3 is 18.1 Å². The summed E-state index contributed by atoms with van der Waals surface area (Å²) in [7, 11) is 1.19. The van der Waals surface area contributed by atoms with Crippen molar-refractivity contribution in [1.82, 2.24) is 25.4 Å². The zero-order valence-corrected chi connectivity index (χ0v) is 34.7. The smallest absolute Gasteiger partial charge is 0.475 e. The Morgan fingerprint density at radius 1 is 0.933 bits per heavy atom. The van der Waals surface area contributed by atoms with Crippen molar-refractivity contribution in [3.8, 4) is 11.1 Å². The van der Waals surface area contributed by atoms with Gasteiger partial charge in [0.05, 0.1) is 32.2 Å². The summed E-state index contributed by atoms with van der Waals surface area (Å²) in [5.41, 5.74) is 7.54. The van der Waals surface area contributed by atoms with Gasteiger partial charge < -0.3 is 46.1 Å². The second-order valence-electron chi connectivity index (χ2n) is 14.2. The molecule has 0 fully saturated rings. The first-order chi connectivity index (χ1) is 28.0. The first-order valence-corrected chi connectivity index (χ1v) is 19.1. The van der Waals surface area contributed by atoms with Crippen molar-refractivity contribution in [2.75, 3.05) is 39.9 Å². The molecule has 2 aromatic carbocycles. The number of carbonyl (C=O) groups excluding carboxylic acids is 5. The number of rotatable bonds is 18. The van der Waals surface area contributed by atoms with E-state index >= 15 is 0 Å². The third-order valence-corrected chi connectivity index (χ3v) is 9.26. The zero-order chi connectivity index (χ0) is 45.4. The molecule has 0 bridgehead atoms. The van der Waals surface area contributed by atoms with Crippen LogP contribution in [0.15, 0.2) is 60.8 Å². The van der Waals surface area contributed by atoms with Crippen molar-refractivity contribution in [2.24, 2.45) is 11.1 Å². The molecule has 0 unspecified atom stereocenters. The van der Waals surface area contributed by atoms with Crippen molar-refractivity contribution in [3.05, 3.63) is 83.7 Å². The van der Waals surface area contributed by atoms with Crippen molar-refractivity contribution in [3.63, 3.8) is 0 Å². The summed E-state index contributed by atoms with van der Waals surface area (Å²) in [5, 5.41) is 24.7. The summed E-state index contributed by atoms with van der Waals surface area (Å²) < 4.78 is 67.4. The van der Waals surface area contributed by atoms with Crippen LogP contribution in [0, 0.1) is 17.0 Å². The van der Waals surface area contributed by atoms with E-state index in [0.717, 1.165) is 23.8 Å². The number of aromatic nitrogens is 1. The lowest BCUT2D eigenvalue weighted by atomic mass is 9.82. The minimum atomic E-state index is -5.08. The van der Waals surface area contributed by atoms with E-state index in [1.807, 2.05) is 55.7 Å². The number of aliphatic hydroxyl groups is 1. The molecule has 330 valence electrons. The molecule has 3 atom stereocenters. The second-order valence-corrected chi connectivity index (χ2v) is 15.3. The van der Waals surface area contributed by atoms with E-state index < -0.39 is 82.3 Å². The van der Waals surface area contributed by atoms with Gasteiger partial charge in [0.1, 0.15) is 23.1 Å². The first kappa shape index (κ1) is 50.7. The Labute approximate surface area is 350 Å². The number of hydrogen-bond donors (Lipinski definition) is 6. The molecule has 7 N–H and O–H groups in total. The predicted octanol–water partition coefficient (Wildman–Crippen LogP) is 3.42. The Hall–Kier alpha value is -5.41. The molecular weight excluding hydrogens is 871 g/mol. The van der Waals surface area contributed by atoms with Crippen LogP contribution in [-0.2, 0) is 40.0 Å². The molecule has 15 nitrogen and oxygen atoms in total. The monoisotopic (exact) mass is 918 g/mol. The maximum Gasteiger partial charge on any atom is 0.490 e. The normalized spacial score (nSPS) is 12.8. The van der Waals surface area contributed by atoms with E-state index in [2.05, 4.69) is 36.6 Å². The number of alkyl halides is 4. The fourth-order valence-electron chi connectivity index (χ4n) is 5.69. The van der Waals surface area contributed by atoms with Crippen LogP contribution in [0.3, 0.4) is 0 Å². The van der Waals surface area contributed by atoms with Crippen LogP contribution >= 0.6 is 15.9 Å². The van der Waals surface area contributed by atoms with E-state index in [-0.39, 0.29) is 44.6 Å². The number of amides is 4. The minimum Gasteiger partial charge on any atom is -0.475 e. The maximum absolute atomic E-state index is 15.0. The SMILES string of the molecule is COC(=O)C[C@H](Br)C(=O)NCC(=O)NCCNC(=O)[C@@H](N)CCN(C(=O)CO)[C@@H](c1cc(-c2cc(F)ccc2F)cn1Cc1ccccc1)C(C)(C)C.O=C(O)C(F)(F)F. The fourth-order valence-corrected chi connectivity index (χ4v) is 6.12. The quantitative estimate of drug-likeness (QED) is 0.0473. The van der Waals surface area contributed by atoms with Crippen LogP contribution in [0.2, 0.25) is 0 Å². The summed E-state index contributed by atoms with van der Waals surface area (Å²) in [4.78, 5) is 71.2. The number of carbonyl (C=O) groups is 6. The lowest BCUT2D eigenvalue weighted by Crippen LogP contribution is -2.48. The van der Waals surface area contributed by atoms with Crippen LogP contribution < -0.4 is 21.7 Å². The molecule has 0 aliphatic rings. The summed E-state index contributed by atoms with van der Waals surface area (Å²) in [6, 6.07) is 12.6. The third kappa shape index (κ3) is 16.3. The van der Waals surface area contributed by atoms with Gasteiger partial charge in [-0.15, -0.1) is 0 Å². The average Bonchev–Trinajstić information content (AvgIpc) is 3.58. The van der Waals surface area contributed by atoms with Gasteiger partial charge in [0.15, 0.2) is 0 Å². The van der Waals surface area contributed by atoms with E-state index in [9.17, 15) is 51.0 Å². The molecule has 0 saturated heterocycles. The molecule has 60 heavy (non-hydrogen) atoms. The van der Waals surface area contributed by atoms with Gasteiger partial charge in [-0.05, 0) is 41.7 Å². The molecule has 0 aliphatic carbocycles. The number of nitrogens with zero attached hydrogens (tertiary/aromatic N) is 2. The Morgan fingerprint density at radius 2 is 1.55 bits per heavy atom. The van der Waals surface area contributed by atoms with Gasteiger partial charge in [-0.2, -0.15) is 13.2 Å². The number of hydrogen-bond acceptors (Lipinski definition) is 9. The van der Waals surface area contributed by atoms with E-state index in [1.54, 1.807) is 12.3 Å². The highest BCUT2D eigenvalue weighted by molar-refractivity contribution is 9.10. The molecule has 1 aromatic heterocycles. The summed E-state index contributed by atoms with van der Waals surface area (Å²) in [6.45, 7) is 4.91. The number of halogens is 6. The molecule has 0 spiro atoms. The van der Waals surface area contributed by atoms with E-state index in [4.69, 9.17) is 15.6 Å². The minimum absolute atomic E-state index is 0.00655. The predicted molar refractivity (Wildman–Crippen MR) is 211 cm³/mol. The van der Waals surface area contributed by atoms with Crippen LogP contribution in [-0.4, -0.2) is 112 Å². The molecule has 21 heteroatoms. The number of carboxylic acids is 1. The first-order valence-electron chi connectivity index (χ1n) is 18.2. The van der Waals surface area contributed by atoms with Crippen LogP contribution in [0.25, 0.3) is 11.1 Å². The molecule has 3 rings (SSSR count). The highest BCUT2D eigenvalue weighted by Gasteiger charge is 2.39. The number of aliphatic hydroxyl groups excluding tert-OH is 1. The van der Waals surface area contributed by atoms with Gasteiger partial charge in [0, 0.05) is 49.2 Å². The lowest BCUT2D eigenvalue weighted by Gasteiger charge is -2.41. The Bertz CT molecular complexity index is 1940. The molecule has 0 aliphatic heterocycles. The third-order valence-electron chi connectivity index (χ3n) is 8.52. The van der Waals surface area contributed by atoms with Crippen molar-refractivity contribution in [1.29, 1.82) is 0 Å². The van der Waals surface area contributed by atoms with E-state index in [0.29, 0.717) is 17.8 Å². The Kier molecular flexibility index (Phi) is 19.8. The van der Waals surface area contributed by atoms with Crippen LogP contribution in [0.4, 0.5) is 22.0 Å². The standard InChI is InChI=1S/C37H47BrF2N6O7.C2HF3O2/c1-37(2,3)34(30-16-24(26-17-25(39)10-11-28(26)40)21-45(30)20-23-8-6-5-7-9-23)46(32(49)22-47)15-12-29(41)36(52)43-14-13-42-31(48)19-44-35(51)27(38)18-33(50)53-4;3-2(4,5)1(6)7/h5-11,16-17,21,27,29,34,47H,12-15,18-20,22,41H2,1-4H3,(H,42,48)(H,43,52)(H,44,51);(H,6,7)/t27-,29-,34-;/m0./s1. The highest BCUT2D eigenvalue weighted by atomic mass is 79.9. The van der Waals surface area contributed by atoms with Gasteiger partial charge in [-0.3, -0.25) is 24.0 Å². The molecule has 0 saturated carbocycles. The van der Waals surface area contributed by atoms with Crippen molar-refractivity contribution in [2.45, 2.75) is 63.2 Å². The van der Waals surface area contributed by atoms with Gasteiger partial charge in [0.25, 0.3) is 0 Å². The number of benzene rings is 2. The largest absolute Gasteiger partial charge is 0.490 e. The molecule has 4 amide bonds. The van der Waals surface area contributed by atoms with Crippen LogP contribution in [0.1, 0.15) is 50.9 Å². The number of nitrogens with two attached hydrogens (primary N) is 1. The highest BCUT2D eigenvalue weighted by Crippen LogP contribution is 2.41. The number of aliphatic carboxylic acids is 1. The number of nitrogens with one attached hydrogen (secondary N) is 3. The van der Waals surface area contributed by atoms with Crippen molar-refractivity contribution >= 4 is 51.5 Å². The molecule has 1 heterocycles. The van der Waals surface area contributed by atoms with Crippen molar-refractivity contribution < 1.29 is 65.7 Å². The summed E-state index contributed by atoms with van der Waals surface area (Å²) >= 11 is 3.06. The maximum atomic E-state index is 15.0. The van der Waals surface area contributed by atoms with Gasteiger partial charge in [-0.25, -0.2) is 13.6 Å². The molecule has 3 aromatic rings. The summed E-state index contributed by atoms with van der Waals surface area (Å²) in [5.74, 6) is -6.83. The molecular formula is C39H48BrF5N6O9. The number of carboxylic acid groups (broad SMARTS) is 1. The average molecular weight is 920 g/mol. The molecule has 0 radical (unpaired) electrons. The topological polar surface area (TPSA) is 222 Å². The Morgan fingerprint density at radius 3 is 2.12 bits per heavy atom. The lowest BCUT2D eigenvalue weighted by molar-refractivity contribution is -0.192.